The van der Waals surface area contributed by atoms with Crippen LogP contribution in [-0.4, -0.2) is 35.5 Å². The van der Waals surface area contributed by atoms with E-state index in [0.29, 0.717) is 5.25 Å². The van der Waals surface area contributed by atoms with Crippen molar-refractivity contribution in [2.75, 3.05) is 25.1 Å². The minimum atomic E-state index is 0.675. The first-order valence-electron chi connectivity index (χ1n) is 5.27. The van der Waals surface area contributed by atoms with E-state index in [-0.39, 0.29) is 0 Å². The highest BCUT2D eigenvalue weighted by atomic mass is 32.2. The van der Waals surface area contributed by atoms with E-state index in [1.807, 2.05) is 23.5 Å². The average Bonchev–Trinajstić information content (AvgIpc) is 2.58. The summed E-state index contributed by atoms with van der Waals surface area (Å²) in [5.41, 5.74) is 0. The second-order valence-corrected chi connectivity index (χ2v) is 5.97. The Balaban J connectivity index is 1.89. The van der Waals surface area contributed by atoms with Gasteiger partial charge in [0, 0.05) is 11.8 Å². The van der Waals surface area contributed by atoms with Gasteiger partial charge in [-0.2, -0.15) is 11.8 Å². The highest BCUT2D eigenvalue weighted by Crippen LogP contribution is 2.18. The molecule has 4 heteroatoms. The molecule has 0 radical (unpaired) electrons. The van der Waals surface area contributed by atoms with Gasteiger partial charge in [-0.25, -0.2) is 0 Å². The van der Waals surface area contributed by atoms with Gasteiger partial charge in [-0.1, -0.05) is 25.1 Å². The van der Waals surface area contributed by atoms with Gasteiger partial charge >= 0.3 is 0 Å². The van der Waals surface area contributed by atoms with Gasteiger partial charge in [0.25, 0.3) is 0 Å². The lowest BCUT2D eigenvalue weighted by Gasteiger charge is -2.05. The molecule has 1 atom stereocenters. The number of rotatable bonds is 6. The van der Waals surface area contributed by atoms with Crippen molar-refractivity contribution in [2.24, 2.45) is 4.99 Å². The SMILES string of the molecule is CSCCCCCNC1=NCC(C)S1. The minimum absolute atomic E-state index is 0.675. The lowest BCUT2D eigenvalue weighted by molar-refractivity contribution is 0.702. The van der Waals surface area contributed by atoms with Gasteiger partial charge < -0.3 is 5.32 Å². The molecule has 0 amide bonds. The molecule has 1 unspecified atom stereocenters. The highest BCUT2D eigenvalue weighted by molar-refractivity contribution is 8.14. The van der Waals surface area contributed by atoms with E-state index in [9.17, 15) is 0 Å². The van der Waals surface area contributed by atoms with Crippen LogP contribution >= 0.6 is 23.5 Å². The van der Waals surface area contributed by atoms with Crippen molar-refractivity contribution < 1.29 is 0 Å². The van der Waals surface area contributed by atoms with E-state index in [1.165, 1.54) is 25.0 Å². The Morgan fingerprint density at radius 1 is 1.50 bits per heavy atom. The molecule has 0 bridgehead atoms. The molecule has 0 aromatic heterocycles. The van der Waals surface area contributed by atoms with Crippen LogP contribution in [0.15, 0.2) is 4.99 Å². The maximum Gasteiger partial charge on any atom is 0.156 e. The van der Waals surface area contributed by atoms with Crippen molar-refractivity contribution in [1.29, 1.82) is 0 Å². The van der Waals surface area contributed by atoms with Crippen LogP contribution in [0.25, 0.3) is 0 Å². The number of nitrogens with one attached hydrogen (secondary N) is 1. The van der Waals surface area contributed by atoms with Crippen molar-refractivity contribution in [2.45, 2.75) is 31.4 Å². The number of thioether (sulfide) groups is 2. The van der Waals surface area contributed by atoms with Crippen LogP contribution in [0.4, 0.5) is 0 Å². The number of nitrogens with zero attached hydrogens (tertiary/aromatic N) is 1. The Morgan fingerprint density at radius 2 is 2.36 bits per heavy atom. The fraction of sp³-hybridized carbons (Fsp3) is 0.900. The van der Waals surface area contributed by atoms with Crippen LogP contribution in [0, 0.1) is 0 Å². The first-order valence-corrected chi connectivity index (χ1v) is 7.54. The Kier molecular flexibility index (Phi) is 6.52. The van der Waals surface area contributed by atoms with Gasteiger partial charge in [-0.05, 0) is 24.9 Å². The predicted molar refractivity (Wildman–Crippen MR) is 69.6 cm³/mol. The topological polar surface area (TPSA) is 24.4 Å². The molecule has 1 N–H and O–H groups in total. The summed E-state index contributed by atoms with van der Waals surface area (Å²) < 4.78 is 0. The van der Waals surface area contributed by atoms with Crippen molar-refractivity contribution >= 4 is 28.7 Å². The van der Waals surface area contributed by atoms with Crippen LogP contribution in [0.1, 0.15) is 26.2 Å². The molecule has 0 aromatic carbocycles. The van der Waals surface area contributed by atoms with E-state index < -0.39 is 0 Å². The first-order chi connectivity index (χ1) is 6.83. The third-order valence-corrected chi connectivity index (χ3v) is 3.85. The minimum Gasteiger partial charge on any atom is -0.365 e. The Bertz CT molecular complexity index is 183. The number of unbranched alkanes of at least 4 members (excludes halogenated alkanes) is 2. The van der Waals surface area contributed by atoms with E-state index in [1.54, 1.807) is 0 Å². The maximum absolute atomic E-state index is 4.42. The molecular weight excluding hydrogens is 212 g/mol. The molecule has 1 heterocycles. The normalized spacial score (nSPS) is 21.0. The fourth-order valence-electron chi connectivity index (χ4n) is 1.32. The second kappa shape index (κ2) is 7.46. The van der Waals surface area contributed by atoms with Crippen molar-refractivity contribution in [3.05, 3.63) is 0 Å². The van der Waals surface area contributed by atoms with Crippen LogP contribution in [0.2, 0.25) is 0 Å². The molecule has 1 aliphatic heterocycles. The molecule has 2 nitrogen and oxygen atoms in total. The molecular formula is C10H20N2S2. The summed E-state index contributed by atoms with van der Waals surface area (Å²) in [5.74, 6) is 1.30. The van der Waals surface area contributed by atoms with Gasteiger partial charge in [-0.3, -0.25) is 4.99 Å². The summed E-state index contributed by atoms with van der Waals surface area (Å²) >= 11 is 3.81. The third-order valence-electron chi connectivity index (χ3n) is 2.11. The van der Waals surface area contributed by atoms with Gasteiger partial charge in [0.15, 0.2) is 5.17 Å². The lowest BCUT2D eigenvalue weighted by atomic mass is 10.2. The molecule has 1 rings (SSSR count). The second-order valence-electron chi connectivity index (χ2n) is 3.55. The summed E-state index contributed by atoms with van der Waals surface area (Å²) in [5, 5.41) is 5.23. The van der Waals surface area contributed by atoms with Crippen LogP contribution in [-0.2, 0) is 0 Å². The first kappa shape index (κ1) is 12.2. The van der Waals surface area contributed by atoms with Gasteiger partial charge in [0.05, 0.1) is 6.54 Å². The van der Waals surface area contributed by atoms with E-state index in [2.05, 4.69) is 23.5 Å². The van der Waals surface area contributed by atoms with Gasteiger partial charge in [0.1, 0.15) is 0 Å². The molecule has 0 aliphatic carbocycles. The highest BCUT2D eigenvalue weighted by Gasteiger charge is 2.13. The number of amidine groups is 1. The zero-order chi connectivity index (χ0) is 10.2. The van der Waals surface area contributed by atoms with Crippen molar-refractivity contribution in [1.82, 2.24) is 5.32 Å². The standard InChI is InChI=1S/C10H20N2S2/c1-9-8-12-10(14-9)11-6-4-3-5-7-13-2/h9H,3-8H2,1-2H3,(H,11,12). The zero-order valence-electron chi connectivity index (χ0n) is 9.08. The quantitative estimate of drug-likeness (QED) is 0.712. The fourth-order valence-corrected chi connectivity index (χ4v) is 2.68. The van der Waals surface area contributed by atoms with Gasteiger partial charge in [-0.15, -0.1) is 0 Å². The Morgan fingerprint density at radius 3 is 3.00 bits per heavy atom. The summed E-state index contributed by atoms with van der Waals surface area (Å²) in [6.45, 7) is 4.30. The van der Waals surface area contributed by atoms with E-state index in [0.717, 1.165) is 18.3 Å². The van der Waals surface area contributed by atoms with Crippen LogP contribution in [0.3, 0.4) is 0 Å². The van der Waals surface area contributed by atoms with Gasteiger partial charge in [0.2, 0.25) is 0 Å². The largest absolute Gasteiger partial charge is 0.365 e. The lowest BCUT2D eigenvalue weighted by Crippen LogP contribution is -2.20. The predicted octanol–water partition coefficient (Wildman–Crippen LogP) is 2.60. The Labute approximate surface area is 95.7 Å². The molecule has 0 fully saturated rings. The monoisotopic (exact) mass is 232 g/mol. The average molecular weight is 232 g/mol. The summed E-state index contributed by atoms with van der Waals surface area (Å²) in [7, 11) is 0. The molecule has 82 valence electrons. The van der Waals surface area contributed by atoms with Crippen LogP contribution in [0.5, 0.6) is 0 Å². The molecule has 0 saturated carbocycles. The maximum atomic E-state index is 4.42. The van der Waals surface area contributed by atoms with E-state index in [4.69, 9.17) is 0 Å². The summed E-state index contributed by atoms with van der Waals surface area (Å²) in [6, 6.07) is 0. The van der Waals surface area contributed by atoms with Crippen molar-refractivity contribution in [3.63, 3.8) is 0 Å². The number of hydrogen-bond acceptors (Lipinski definition) is 4. The smallest absolute Gasteiger partial charge is 0.156 e. The summed E-state index contributed by atoms with van der Waals surface area (Å²) in [6.07, 6.45) is 6.12. The van der Waals surface area contributed by atoms with Crippen molar-refractivity contribution in [3.8, 4) is 0 Å². The molecule has 0 saturated heterocycles. The molecule has 0 aromatic rings. The third kappa shape index (κ3) is 5.15. The molecule has 0 spiro atoms. The number of hydrogen-bond donors (Lipinski definition) is 1. The molecule has 14 heavy (non-hydrogen) atoms. The zero-order valence-corrected chi connectivity index (χ0v) is 10.7. The Hall–Kier alpha value is 0.170. The van der Waals surface area contributed by atoms with Crippen LogP contribution < -0.4 is 5.32 Å². The van der Waals surface area contributed by atoms with E-state index >= 15 is 0 Å². The molecule has 1 aliphatic rings. The summed E-state index contributed by atoms with van der Waals surface area (Å²) in [4.78, 5) is 4.42. The number of aliphatic imine (C=N–C) groups is 1.